The summed E-state index contributed by atoms with van der Waals surface area (Å²) >= 11 is 0. The van der Waals surface area contributed by atoms with Gasteiger partial charge in [0, 0.05) is 6.92 Å². The second-order valence-corrected chi connectivity index (χ2v) is 7.94. The van der Waals surface area contributed by atoms with E-state index >= 15 is 0 Å². The van der Waals surface area contributed by atoms with E-state index in [1.54, 1.807) is 36.4 Å². The average molecular weight is 417 g/mol. The molecule has 5 heteroatoms. The molecule has 0 saturated carbocycles. The summed E-state index contributed by atoms with van der Waals surface area (Å²) in [6.07, 6.45) is 0. The number of nitrogens with zero attached hydrogens (tertiary/aromatic N) is 1. The molecule has 0 saturated heterocycles. The molecule has 0 radical (unpaired) electrons. The number of anilines is 1. The number of benzene rings is 3. The summed E-state index contributed by atoms with van der Waals surface area (Å²) < 4.78 is 0. The Morgan fingerprint density at radius 2 is 1.26 bits per heavy atom. The van der Waals surface area contributed by atoms with Gasteiger partial charge >= 0.3 is 0 Å². The molecule has 0 bridgehead atoms. The third-order valence-corrected chi connectivity index (χ3v) is 5.72. The van der Waals surface area contributed by atoms with Crippen LogP contribution in [0, 0.1) is 27.7 Å². The normalized spacial score (nSPS) is 11.2. The zero-order valence-electron chi connectivity index (χ0n) is 18.6. The second kappa shape index (κ2) is 8.74. The fraction of sp³-hybridized carbons (Fsp3) is 0.231. The van der Waals surface area contributed by atoms with Crippen molar-refractivity contribution in [2.24, 2.45) is 0 Å². The molecular formula is C26H28N2O3. The maximum atomic E-state index is 13.6. The van der Waals surface area contributed by atoms with E-state index in [4.69, 9.17) is 0 Å². The summed E-state index contributed by atoms with van der Waals surface area (Å²) in [7, 11) is 0. The first-order chi connectivity index (χ1) is 14.6. The molecule has 2 amide bonds. The number of carbonyl (C=O) groups is 2. The van der Waals surface area contributed by atoms with Gasteiger partial charge in [0.15, 0.2) is 5.60 Å². The van der Waals surface area contributed by atoms with Crippen LogP contribution >= 0.6 is 0 Å². The minimum atomic E-state index is -1.99. The molecule has 0 unspecified atom stereocenters. The van der Waals surface area contributed by atoms with Gasteiger partial charge in [-0.25, -0.2) is 5.01 Å². The first-order valence-electron chi connectivity index (χ1n) is 10.2. The third-order valence-electron chi connectivity index (χ3n) is 5.72. The van der Waals surface area contributed by atoms with E-state index in [9.17, 15) is 14.7 Å². The fourth-order valence-corrected chi connectivity index (χ4v) is 3.45. The summed E-state index contributed by atoms with van der Waals surface area (Å²) in [5.74, 6) is -1.08. The molecule has 2 N–H and O–H groups in total. The predicted molar refractivity (Wildman–Crippen MR) is 123 cm³/mol. The van der Waals surface area contributed by atoms with Crippen molar-refractivity contribution in [1.82, 2.24) is 5.43 Å². The van der Waals surface area contributed by atoms with Crippen LogP contribution in [0.3, 0.4) is 0 Å². The summed E-state index contributed by atoms with van der Waals surface area (Å²) in [6, 6.07) is 19.7. The third kappa shape index (κ3) is 4.37. The highest BCUT2D eigenvalue weighted by Gasteiger charge is 2.41. The van der Waals surface area contributed by atoms with Gasteiger partial charge in [-0.1, -0.05) is 54.6 Å². The Balaban J connectivity index is 2.13. The SMILES string of the molecule is CC(=O)N(NC(=O)C(O)(c1ccc(C)c(C)c1)c1ccc(C)c(C)c1)c1ccccc1. The number of para-hydroxylation sites is 1. The van der Waals surface area contributed by atoms with Gasteiger partial charge in [0.1, 0.15) is 0 Å². The molecule has 3 aromatic carbocycles. The molecule has 0 fully saturated rings. The van der Waals surface area contributed by atoms with E-state index in [-0.39, 0.29) is 5.91 Å². The summed E-state index contributed by atoms with van der Waals surface area (Å²) in [6.45, 7) is 9.17. The number of hydrazine groups is 1. The highest BCUT2D eigenvalue weighted by molar-refractivity contribution is 5.98. The number of rotatable bonds is 4. The first-order valence-corrected chi connectivity index (χ1v) is 10.2. The average Bonchev–Trinajstić information content (AvgIpc) is 2.75. The van der Waals surface area contributed by atoms with Gasteiger partial charge in [0.25, 0.3) is 5.91 Å². The molecule has 0 aliphatic rings. The highest BCUT2D eigenvalue weighted by atomic mass is 16.3. The van der Waals surface area contributed by atoms with Gasteiger partial charge in [0.2, 0.25) is 5.91 Å². The van der Waals surface area contributed by atoms with Crippen molar-refractivity contribution in [3.05, 3.63) is 100 Å². The smallest absolute Gasteiger partial charge is 0.280 e. The number of amides is 2. The predicted octanol–water partition coefficient (Wildman–Crippen LogP) is 4.24. The van der Waals surface area contributed by atoms with Gasteiger partial charge in [0.05, 0.1) is 5.69 Å². The molecule has 0 aromatic heterocycles. The van der Waals surface area contributed by atoms with E-state index in [0.29, 0.717) is 16.8 Å². The van der Waals surface area contributed by atoms with Crippen molar-refractivity contribution in [1.29, 1.82) is 0 Å². The lowest BCUT2D eigenvalue weighted by atomic mass is 9.83. The van der Waals surface area contributed by atoms with E-state index in [1.165, 1.54) is 6.92 Å². The maximum absolute atomic E-state index is 13.6. The van der Waals surface area contributed by atoms with E-state index in [1.807, 2.05) is 58.0 Å². The molecule has 0 spiro atoms. The molecule has 3 aromatic rings. The van der Waals surface area contributed by atoms with Crippen LogP contribution in [0.5, 0.6) is 0 Å². The van der Waals surface area contributed by atoms with Gasteiger partial charge in [-0.15, -0.1) is 0 Å². The van der Waals surface area contributed by atoms with Gasteiger partial charge in [-0.3, -0.25) is 15.0 Å². The first kappa shape index (κ1) is 22.2. The van der Waals surface area contributed by atoms with Crippen molar-refractivity contribution in [2.45, 2.75) is 40.2 Å². The van der Waals surface area contributed by atoms with E-state index in [0.717, 1.165) is 27.3 Å². The number of nitrogens with one attached hydrogen (secondary N) is 1. The molecular weight excluding hydrogens is 388 g/mol. The number of hydrogen-bond donors (Lipinski definition) is 2. The van der Waals surface area contributed by atoms with E-state index in [2.05, 4.69) is 5.43 Å². The lowest BCUT2D eigenvalue weighted by molar-refractivity contribution is -0.138. The molecule has 0 heterocycles. The van der Waals surface area contributed by atoms with Crippen LogP contribution in [-0.4, -0.2) is 16.9 Å². The summed E-state index contributed by atoms with van der Waals surface area (Å²) in [5.41, 5.74) is 6.06. The molecule has 0 aliphatic heterocycles. The molecule has 31 heavy (non-hydrogen) atoms. The molecule has 0 aliphatic carbocycles. The molecule has 160 valence electrons. The Hall–Kier alpha value is -3.44. The minimum absolute atomic E-state index is 0.373. The molecule has 0 atom stereocenters. The van der Waals surface area contributed by atoms with Crippen molar-refractivity contribution in [3.8, 4) is 0 Å². The monoisotopic (exact) mass is 416 g/mol. The zero-order valence-corrected chi connectivity index (χ0v) is 18.6. The van der Waals surface area contributed by atoms with Crippen LogP contribution < -0.4 is 10.4 Å². The van der Waals surface area contributed by atoms with Crippen LogP contribution in [-0.2, 0) is 15.2 Å². The maximum Gasteiger partial charge on any atom is 0.280 e. The Labute approximate surface area is 183 Å². The van der Waals surface area contributed by atoms with Crippen LogP contribution in [0.2, 0.25) is 0 Å². The van der Waals surface area contributed by atoms with Crippen molar-refractivity contribution in [3.63, 3.8) is 0 Å². The zero-order chi connectivity index (χ0) is 22.8. The Morgan fingerprint density at radius 1 is 0.774 bits per heavy atom. The highest BCUT2D eigenvalue weighted by Crippen LogP contribution is 2.33. The fourth-order valence-electron chi connectivity index (χ4n) is 3.45. The van der Waals surface area contributed by atoms with Crippen LogP contribution in [0.25, 0.3) is 0 Å². The van der Waals surface area contributed by atoms with Crippen LogP contribution in [0.1, 0.15) is 40.3 Å². The molecule has 3 rings (SSSR count). The summed E-state index contributed by atoms with van der Waals surface area (Å²) in [5, 5.41) is 13.0. The second-order valence-electron chi connectivity index (χ2n) is 7.94. The molecule has 5 nitrogen and oxygen atoms in total. The van der Waals surface area contributed by atoms with Crippen molar-refractivity contribution in [2.75, 3.05) is 5.01 Å². The van der Waals surface area contributed by atoms with Gasteiger partial charge in [-0.2, -0.15) is 0 Å². The Bertz CT molecular complexity index is 1070. The number of aliphatic hydroxyl groups is 1. The number of aryl methyl sites for hydroxylation is 4. The topological polar surface area (TPSA) is 69.6 Å². The van der Waals surface area contributed by atoms with E-state index < -0.39 is 11.5 Å². The van der Waals surface area contributed by atoms with Crippen LogP contribution in [0.15, 0.2) is 66.7 Å². The summed E-state index contributed by atoms with van der Waals surface area (Å²) in [4.78, 5) is 25.9. The van der Waals surface area contributed by atoms with Crippen molar-refractivity contribution < 1.29 is 14.7 Å². The standard InChI is InChI=1S/C26H28N2O3/c1-17-11-13-22(15-19(17)3)26(31,23-14-12-18(2)20(4)16-23)25(30)27-28(21(5)29)24-9-7-6-8-10-24/h6-16,31H,1-5H3,(H,27,30). The minimum Gasteiger partial charge on any atom is -0.372 e. The van der Waals surface area contributed by atoms with Crippen LogP contribution in [0.4, 0.5) is 5.69 Å². The van der Waals surface area contributed by atoms with Gasteiger partial charge in [-0.05, 0) is 73.2 Å². The number of carbonyl (C=O) groups excluding carboxylic acids is 2. The quantitative estimate of drug-likeness (QED) is 0.625. The largest absolute Gasteiger partial charge is 0.372 e. The van der Waals surface area contributed by atoms with Gasteiger partial charge < -0.3 is 5.11 Å². The Kier molecular flexibility index (Phi) is 6.27. The Morgan fingerprint density at radius 3 is 1.68 bits per heavy atom. The lowest BCUT2D eigenvalue weighted by Crippen LogP contribution is -2.54. The number of hydrogen-bond acceptors (Lipinski definition) is 3. The lowest BCUT2D eigenvalue weighted by Gasteiger charge is -2.32. The van der Waals surface area contributed by atoms with Crippen molar-refractivity contribution >= 4 is 17.5 Å².